The van der Waals surface area contributed by atoms with Crippen LogP contribution in [0.1, 0.15) is 6.42 Å². The Bertz CT molecular complexity index is 71.5. The average molecular weight is 130 g/mol. The Labute approximate surface area is 55.8 Å². The molecule has 1 heterocycles. The van der Waals surface area contributed by atoms with Gasteiger partial charge in [-0.2, -0.15) is 0 Å². The Hall–Kier alpha value is -0.120. The van der Waals surface area contributed by atoms with Crippen molar-refractivity contribution >= 4 is 0 Å². The predicted molar refractivity (Wildman–Crippen MR) is 36.3 cm³/mol. The van der Waals surface area contributed by atoms with Gasteiger partial charge in [-0.05, 0) is 20.0 Å². The van der Waals surface area contributed by atoms with Crippen molar-refractivity contribution in [2.45, 2.75) is 12.5 Å². The molecule has 1 aliphatic heterocycles. The quantitative estimate of drug-likeness (QED) is 0.542. The minimum absolute atomic E-state index is 0.442. The van der Waals surface area contributed by atoms with E-state index in [9.17, 15) is 0 Å². The summed E-state index contributed by atoms with van der Waals surface area (Å²) in [7, 11) is 1.96. The molecule has 3 heteroatoms. The summed E-state index contributed by atoms with van der Waals surface area (Å²) in [6.45, 7) is 2.79. The van der Waals surface area contributed by atoms with Crippen LogP contribution in [0.3, 0.4) is 0 Å². The maximum absolute atomic E-state index is 5.30. The SMILES string of the molecule is CNCCC1CNCO1. The molecule has 0 aromatic rings. The highest BCUT2D eigenvalue weighted by Crippen LogP contribution is 1.99. The van der Waals surface area contributed by atoms with Crippen LogP contribution in [0.2, 0.25) is 0 Å². The summed E-state index contributed by atoms with van der Waals surface area (Å²) in [5.41, 5.74) is 0. The van der Waals surface area contributed by atoms with Crippen molar-refractivity contribution in [1.82, 2.24) is 10.6 Å². The molecule has 3 nitrogen and oxygen atoms in total. The van der Waals surface area contributed by atoms with Gasteiger partial charge in [-0.15, -0.1) is 0 Å². The first kappa shape index (κ1) is 6.99. The van der Waals surface area contributed by atoms with Gasteiger partial charge in [0.1, 0.15) is 0 Å². The average Bonchev–Trinajstić information content (AvgIpc) is 2.34. The maximum atomic E-state index is 5.30. The van der Waals surface area contributed by atoms with Crippen molar-refractivity contribution in [2.24, 2.45) is 0 Å². The third-order valence-electron chi connectivity index (χ3n) is 1.51. The lowest BCUT2D eigenvalue weighted by Crippen LogP contribution is -2.19. The first-order valence-corrected chi connectivity index (χ1v) is 3.40. The molecule has 0 amide bonds. The molecule has 0 spiro atoms. The molecular weight excluding hydrogens is 116 g/mol. The van der Waals surface area contributed by atoms with E-state index in [2.05, 4.69) is 10.6 Å². The minimum Gasteiger partial charge on any atom is -0.362 e. The van der Waals surface area contributed by atoms with Crippen LogP contribution in [0.15, 0.2) is 0 Å². The van der Waals surface area contributed by atoms with Gasteiger partial charge in [0, 0.05) is 6.54 Å². The van der Waals surface area contributed by atoms with Crippen molar-refractivity contribution in [3.05, 3.63) is 0 Å². The number of nitrogens with one attached hydrogen (secondary N) is 2. The van der Waals surface area contributed by atoms with Gasteiger partial charge in [-0.3, -0.25) is 5.32 Å². The third kappa shape index (κ3) is 2.30. The molecule has 1 fully saturated rings. The zero-order chi connectivity index (χ0) is 6.53. The van der Waals surface area contributed by atoms with E-state index in [0.717, 1.165) is 26.2 Å². The molecule has 9 heavy (non-hydrogen) atoms. The Morgan fingerprint density at radius 2 is 2.67 bits per heavy atom. The Morgan fingerprint density at radius 1 is 1.78 bits per heavy atom. The molecule has 2 N–H and O–H groups in total. The molecule has 0 aromatic heterocycles. The van der Waals surface area contributed by atoms with Crippen LogP contribution in [0.25, 0.3) is 0 Å². The monoisotopic (exact) mass is 130 g/mol. The predicted octanol–water partition coefficient (Wildman–Crippen LogP) is -0.458. The summed E-state index contributed by atoms with van der Waals surface area (Å²) in [5.74, 6) is 0. The van der Waals surface area contributed by atoms with E-state index in [1.165, 1.54) is 0 Å². The molecule has 0 radical (unpaired) electrons. The van der Waals surface area contributed by atoms with E-state index >= 15 is 0 Å². The van der Waals surface area contributed by atoms with E-state index in [-0.39, 0.29) is 0 Å². The highest BCUT2D eigenvalue weighted by atomic mass is 16.5. The largest absolute Gasteiger partial charge is 0.362 e. The minimum atomic E-state index is 0.442. The molecule has 1 saturated heterocycles. The van der Waals surface area contributed by atoms with Gasteiger partial charge in [-0.25, -0.2) is 0 Å². The first-order chi connectivity index (χ1) is 4.43. The van der Waals surface area contributed by atoms with E-state index in [0.29, 0.717) is 6.10 Å². The van der Waals surface area contributed by atoms with Crippen LogP contribution in [-0.4, -0.2) is 33.0 Å². The van der Waals surface area contributed by atoms with Gasteiger partial charge in [-0.1, -0.05) is 0 Å². The van der Waals surface area contributed by atoms with Gasteiger partial charge in [0.15, 0.2) is 0 Å². The molecule has 1 rings (SSSR count). The zero-order valence-electron chi connectivity index (χ0n) is 5.81. The van der Waals surface area contributed by atoms with Crippen LogP contribution >= 0.6 is 0 Å². The zero-order valence-corrected chi connectivity index (χ0v) is 5.81. The standard InChI is InChI=1S/C6H14N2O/c1-7-3-2-6-4-8-5-9-6/h6-8H,2-5H2,1H3. The van der Waals surface area contributed by atoms with Crippen LogP contribution in [-0.2, 0) is 4.74 Å². The fraction of sp³-hybridized carbons (Fsp3) is 1.00. The summed E-state index contributed by atoms with van der Waals surface area (Å²) in [6.07, 6.45) is 1.56. The van der Waals surface area contributed by atoms with Gasteiger partial charge < -0.3 is 10.1 Å². The lowest BCUT2D eigenvalue weighted by molar-refractivity contribution is 0.107. The lowest BCUT2D eigenvalue weighted by atomic mass is 10.2. The van der Waals surface area contributed by atoms with Crippen molar-refractivity contribution < 1.29 is 4.74 Å². The van der Waals surface area contributed by atoms with Crippen LogP contribution in [0.4, 0.5) is 0 Å². The van der Waals surface area contributed by atoms with Gasteiger partial charge in [0.25, 0.3) is 0 Å². The number of hydrogen-bond acceptors (Lipinski definition) is 3. The summed E-state index contributed by atoms with van der Waals surface area (Å²) >= 11 is 0. The Morgan fingerprint density at radius 3 is 3.22 bits per heavy atom. The van der Waals surface area contributed by atoms with E-state index in [1.807, 2.05) is 7.05 Å². The van der Waals surface area contributed by atoms with Crippen LogP contribution in [0.5, 0.6) is 0 Å². The fourth-order valence-electron chi connectivity index (χ4n) is 0.946. The molecule has 54 valence electrons. The molecule has 0 bridgehead atoms. The molecule has 0 aromatic carbocycles. The fourth-order valence-corrected chi connectivity index (χ4v) is 0.946. The van der Waals surface area contributed by atoms with E-state index in [4.69, 9.17) is 4.74 Å². The number of hydrogen-bond donors (Lipinski definition) is 2. The second-order valence-electron chi connectivity index (χ2n) is 2.28. The van der Waals surface area contributed by atoms with Crippen molar-refractivity contribution in [2.75, 3.05) is 26.9 Å². The van der Waals surface area contributed by atoms with E-state index in [1.54, 1.807) is 0 Å². The number of rotatable bonds is 3. The maximum Gasteiger partial charge on any atom is 0.0970 e. The molecule has 1 atom stereocenters. The second-order valence-corrected chi connectivity index (χ2v) is 2.28. The molecular formula is C6H14N2O. The van der Waals surface area contributed by atoms with Gasteiger partial charge >= 0.3 is 0 Å². The van der Waals surface area contributed by atoms with Crippen LogP contribution in [0, 0.1) is 0 Å². The first-order valence-electron chi connectivity index (χ1n) is 3.40. The smallest absolute Gasteiger partial charge is 0.0970 e. The Kier molecular flexibility index (Phi) is 2.97. The molecule has 1 unspecified atom stereocenters. The highest BCUT2D eigenvalue weighted by molar-refractivity contribution is 4.66. The van der Waals surface area contributed by atoms with Gasteiger partial charge in [0.05, 0.1) is 12.8 Å². The Balaban J connectivity index is 1.98. The van der Waals surface area contributed by atoms with Crippen molar-refractivity contribution in [1.29, 1.82) is 0 Å². The summed E-state index contributed by atoms with van der Waals surface area (Å²) < 4.78 is 5.30. The lowest BCUT2D eigenvalue weighted by Gasteiger charge is -2.05. The molecule has 0 saturated carbocycles. The number of ether oxygens (including phenoxy) is 1. The molecule has 0 aliphatic carbocycles. The van der Waals surface area contributed by atoms with Crippen LogP contribution < -0.4 is 10.6 Å². The topological polar surface area (TPSA) is 33.3 Å². The van der Waals surface area contributed by atoms with E-state index < -0.39 is 0 Å². The summed E-state index contributed by atoms with van der Waals surface area (Å²) in [6, 6.07) is 0. The van der Waals surface area contributed by atoms with Gasteiger partial charge in [0.2, 0.25) is 0 Å². The second kappa shape index (κ2) is 3.82. The normalized spacial score (nSPS) is 27.0. The van der Waals surface area contributed by atoms with Crippen molar-refractivity contribution in [3.63, 3.8) is 0 Å². The van der Waals surface area contributed by atoms with Crippen molar-refractivity contribution in [3.8, 4) is 0 Å². The third-order valence-corrected chi connectivity index (χ3v) is 1.51. The highest BCUT2D eigenvalue weighted by Gasteiger charge is 2.12. The molecule has 1 aliphatic rings. The summed E-state index contributed by atoms with van der Waals surface area (Å²) in [4.78, 5) is 0. The summed E-state index contributed by atoms with van der Waals surface area (Å²) in [5, 5.41) is 6.22.